The fraction of sp³-hybridized carbons (Fsp3) is 0.353. The van der Waals surface area contributed by atoms with Gasteiger partial charge in [-0.25, -0.2) is 9.97 Å². The molecule has 2 heterocycles. The zero-order valence-corrected chi connectivity index (χ0v) is 13.9. The summed E-state index contributed by atoms with van der Waals surface area (Å²) in [7, 11) is 1.63. The number of carbonyl (C=O) groups excluding carboxylic acids is 1. The minimum atomic E-state index is -0.196. The Balaban J connectivity index is 1.50. The number of rotatable bonds is 8. The molecule has 2 aromatic rings. The molecule has 0 aliphatic carbocycles. The van der Waals surface area contributed by atoms with E-state index in [1.165, 1.54) is 12.4 Å². The van der Waals surface area contributed by atoms with E-state index in [-0.39, 0.29) is 12.7 Å². The van der Waals surface area contributed by atoms with Crippen LogP contribution in [0.15, 0.2) is 30.6 Å². The van der Waals surface area contributed by atoms with E-state index in [0.717, 1.165) is 23.5 Å². The number of methoxy groups -OCH3 is 1. The number of carbonyl (C=O) groups is 1. The van der Waals surface area contributed by atoms with Gasteiger partial charge in [-0.1, -0.05) is 6.07 Å². The molecule has 1 aromatic carbocycles. The van der Waals surface area contributed by atoms with Crippen LogP contribution in [0.25, 0.3) is 0 Å². The molecule has 132 valence electrons. The predicted molar refractivity (Wildman–Crippen MR) is 90.7 cm³/mol. The Morgan fingerprint density at radius 2 is 2.04 bits per heavy atom. The fourth-order valence-electron chi connectivity index (χ4n) is 2.29. The van der Waals surface area contributed by atoms with E-state index in [0.29, 0.717) is 31.2 Å². The largest absolute Gasteiger partial charge is 0.454 e. The van der Waals surface area contributed by atoms with Crippen molar-refractivity contribution in [2.24, 2.45) is 0 Å². The van der Waals surface area contributed by atoms with Crippen molar-refractivity contribution < 1.29 is 19.0 Å². The van der Waals surface area contributed by atoms with Crippen molar-refractivity contribution in [2.75, 3.05) is 32.4 Å². The lowest BCUT2D eigenvalue weighted by Crippen LogP contribution is -2.25. The van der Waals surface area contributed by atoms with E-state index in [9.17, 15) is 4.79 Å². The molecule has 0 bridgehead atoms. The van der Waals surface area contributed by atoms with Gasteiger partial charge < -0.3 is 24.8 Å². The predicted octanol–water partition coefficient (Wildman–Crippen LogP) is 1.58. The van der Waals surface area contributed by atoms with Crippen LogP contribution in [0, 0.1) is 0 Å². The molecule has 0 spiro atoms. The van der Waals surface area contributed by atoms with Gasteiger partial charge in [0.25, 0.3) is 5.91 Å². The molecule has 3 rings (SSSR count). The first-order valence-electron chi connectivity index (χ1n) is 7.98. The van der Waals surface area contributed by atoms with Crippen LogP contribution < -0.4 is 20.1 Å². The Morgan fingerprint density at radius 1 is 1.24 bits per heavy atom. The highest BCUT2D eigenvalue weighted by atomic mass is 16.7. The number of hydrogen-bond donors (Lipinski definition) is 2. The second-order valence-corrected chi connectivity index (χ2v) is 5.44. The lowest BCUT2D eigenvalue weighted by atomic mass is 10.2. The molecule has 8 heteroatoms. The van der Waals surface area contributed by atoms with Crippen molar-refractivity contribution in [1.29, 1.82) is 0 Å². The number of nitrogens with one attached hydrogen (secondary N) is 2. The maximum absolute atomic E-state index is 11.9. The number of nitrogens with zero attached hydrogens (tertiary/aromatic N) is 2. The van der Waals surface area contributed by atoms with Crippen molar-refractivity contribution in [2.45, 2.75) is 13.0 Å². The van der Waals surface area contributed by atoms with E-state index >= 15 is 0 Å². The molecule has 2 N–H and O–H groups in total. The maximum atomic E-state index is 11.9. The summed E-state index contributed by atoms with van der Waals surface area (Å²) >= 11 is 0. The lowest BCUT2D eigenvalue weighted by molar-refractivity contribution is 0.0948. The van der Waals surface area contributed by atoms with Gasteiger partial charge in [-0.2, -0.15) is 0 Å². The average Bonchev–Trinajstić information content (AvgIpc) is 3.11. The Labute approximate surface area is 145 Å². The molecule has 1 aliphatic rings. The standard InChI is InChI=1S/C17H20N4O4/c1-23-6-2-5-18-16(22)13-9-20-17(21-10-13)19-8-12-3-4-14-15(7-12)25-11-24-14/h3-4,7,9-10H,2,5-6,8,11H2,1H3,(H,18,22)(H,19,20,21). The second-order valence-electron chi connectivity index (χ2n) is 5.44. The highest BCUT2D eigenvalue weighted by molar-refractivity contribution is 5.93. The molecule has 0 atom stereocenters. The highest BCUT2D eigenvalue weighted by Gasteiger charge is 2.13. The van der Waals surface area contributed by atoms with Gasteiger partial charge in [0.1, 0.15) is 0 Å². The van der Waals surface area contributed by atoms with Gasteiger partial charge in [-0.15, -0.1) is 0 Å². The summed E-state index contributed by atoms with van der Waals surface area (Å²) in [6.07, 6.45) is 3.76. The number of fused-ring (bicyclic) bond motifs is 1. The molecule has 25 heavy (non-hydrogen) atoms. The zero-order valence-electron chi connectivity index (χ0n) is 13.9. The number of amides is 1. The van der Waals surface area contributed by atoms with Gasteiger partial charge in [0.2, 0.25) is 12.7 Å². The third kappa shape index (κ3) is 4.57. The SMILES string of the molecule is COCCCNC(=O)c1cnc(NCc2ccc3c(c2)OCO3)nc1. The topological polar surface area (TPSA) is 94.6 Å². The highest BCUT2D eigenvalue weighted by Crippen LogP contribution is 2.32. The van der Waals surface area contributed by atoms with Crippen molar-refractivity contribution in [3.8, 4) is 11.5 Å². The summed E-state index contributed by atoms with van der Waals surface area (Å²) in [6, 6.07) is 5.73. The van der Waals surface area contributed by atoms with Crippen LogP contribution in [-0.4, -0.2) is 42.9 Å². The van der Waals surface area contributed by atoms with Gasteiger partial charge in [0, 0.05) is 39.2 Å². The average molecular weight is 344 g/mol. The van der Waals surface area contributed by atoms with Crippen LogP contribution in [0.5, 0.6) is 11.5 Å². The van der Waals surface area contributed by atoms with Crippen LogP contribution in [0.2, 0.25) is 0 Å². The zero-order chi connectivity index (χ0) is 17.5. The summed E-state index contributed by atoms with van der Waals surface area (Å²) < 4.78 is 15.6. The second kappa shape index (κ2) is 8.29. The molecule has 0 saturated carbocycles. The summed E-state index contributed by atoms with van der Waals surface area (Å²) in [5.41, 5.74) is 1.44. The number of hydrogen-bond acceptors (Lipinski definition) is 7. The van der Waals surface area contributed by atoms with Gasteiger partial charge in [-0.3, -0.25) is 4.79 Å². The summed E-state index contributed by atoms with van der Waals surface area (Å²) in [4.78, 5) is 20.3. The Hall–Kier alpha value is -2.87. The first-order chi connectivity index (χ1) is 12.3. The van der Waals surface area contributed by atoms with E-state index in [4.69, 9.17) is 14.2 Å². The minimum absolute atomic E-state index is 0.196. The van der Waals surface area contributed by atoms with Gasteiger partial charge in [-0.05, 0) is 24.1 Å². The third-order valence-electron chi connectivity index (χ3n) is 3.61. The number of ether oxygens (including phenoxy) is 3. The van der Waals surface area contributed by atoms with Gasteiger partial charge >= 0.3 is 0 Å². The Bertz CT molecular complexity index is 721. The molecular formula is C17H20N4O4. The van der Waals surface area contributed by atoms with E-state index < -0.39 is 0 Å². The van der Waals surface area contributed by atoms with Crippen molar-refractivity contribution in [1.82, 2.24) is 15.3 Å². The Kier molecular flexibility index (Phi) is 5.63. The van der Waals surface area contributed by atoms with Crippen LogP contribution in [0.4, 0.5) is 5.95 Å². The molecule has 0 saturated heterocycles. The lowest BCUT2D eigenvalue weighted by Gasteiger charge is -2.07. The Morgan fingerprint density at radius 3 is 2.84 bits per heavy atom. The molecular weight excluding hydrogens is 324 g/mol. The quantitative estimate of drug-likeness (QED) is 0.702. The van der Waals surface area contributed by atoms with Crippen LogP contribution in [0.1, 0.15) is 22.3 Å². The number of aromatic nitrogens is 2. The molecule has 1 amide bonds. The van der Waals surface area contributed by atoms with Crippen LogP contribution >= 0.6 is 0 Å². The summed E-state index contributed by atoms with van der Waals surface area (Å²) in [5.74, 6) is 1.74. The minimum Gasteiger partial charge on any atom is -0.454 e. The van der Waals surface area contributed by atoms with Crippen molar-refractivity contribution in [3.63, 3.8) is 0 Å². The molecule has 8 nitrogen and oxygen atoms in total. The normalized spacial score (nSPS) is 12.0. The molecule has 0 fully saturated rings. The van der Waals surface area contributed by atoms with Crippen molar-refractivity contribution >= 4 is 11.9 Å². The smallest absolute Gasteiger partial charge is 0.254 e. The number of benzene rings is 1. The first kappa shape index (κ1) is 17.0. The van der Waals surface area contributed by atoms with E-state index in [2.05, 4.69) is 20.6 Å². The third-order valence-corrected chi connectivity index (χ3v) is 3.61. The number of anilines is 1. The van der Waals surface area contributed by atoms with Crippen LogP contribution in [-0.2, 0) is 11.3 Å². The molecule has 1 aliphatic heterocycles. The summed E-state index contributed by atoms with van der Waals surface area (Å²) in [5, 5.41) is 5.90. The van der Waals surface area contributed by atoms with Gasteiger partial charge in [0.15, 0.2) is 11.5 Å². The molecule has 1 aromatic heterocycles. The monoisotopic (exact) mass is 344 g/mol. The summed E-state index contributed by atoms with van der Waals surface area (Å²) in [6.45, 7) is 1.96. The van der Waals surface area contributed by atoms with E-state index in [1.807, 2.05) is 18.2 Å². The molecule has 0 unspecified atom stereocenters. The maximum Gasteiger partial charge on any atom is 0.254 e. The fourth-order valence-corrected chi connectivity index (χ4v) is 2.29. The van der Waals surface area contributed by atoms with Gasteiger partial charge in [0.05, 0.1) is 5.56 Å². The van der Waals surface area contributed by atoms with Crippen molar-refractivity contribution in [3.05, 3.63) is 41.7 Å². The van der Waals surface area contributed by atoms with Crippen LogP contribution in [0.3, 0.4) is 0 Å². The first-order valence-corrected chi connectivity index (χ1v) is 7.98. The molecule has 0 radical (unpaired) electrons. The van der Waals surface area contributed by atoms with E-state index in [1.54, 1.807) is 7.11 Å².